The lowest BCUT2D eigenvalue weighted by molar-refractivity contribution is 0.0120. The first kappa shape index (κ1) is 18.6. The summed E-state index contributed by atoms with van der Waals surface area (Å²) in [6, 6.07) is 0. The molecule has 0 aromatic rings. The number of ether oxygens (including phenoxy) is 1. The van der Waals surface area contributed by atoms with Crippen LogP contribution in [0.1, 0.15) is 40.0 Å². The van der Waals surface area contributed by atoms with E-state index in [1.807, 2.05) is 0 Å². The van der Waals surface area contributed by atoms with E-state index in [9.17, 15) is 5.11 Å². The molecule has 4 nitrogen and oxygen atoms in total. The molecule has 21 heavy (non-hydrogen) atoms. The minimum absolute atomic E-state index is 0.0548. The van der Waals surface area contributed by atoms with E-state index in [0.717, 1.165) is 32.4 Å². The van der Waals surface area contributed by atoms with Gasteiger partial charge in [0.1, 0.15) is 0 Å². The molecular weight excluding hydrogens is 266 g/mol. The van der Waals surface area contributed by atoms with Crippen LogP contribution in [0.3, 0.4) is 0 Å². The molecule has 1 rings (SSSR count). The summed E-state index contributed by atoms with van der Waals surface area (Å²) < 4.78 is 5.67. The summed E-state index contributed by atoms with van der Waals surface area (Å²) in [6.45, 7) is 9.13. The van der Waals surface area contributed by atoms with E-state index in [1.54, 1.807) is 0 Å². The highest BCUT2D eigenvalue weighted by Crippen LogP contribution is 2.25. The molecule has 0 saturated carbocycles. The molecule has 0 aliphatic heterocycles. The molecule has 4 heteroatoms. The summed E-state index contributed by atoms with van der Waals surface area (Å²) in [5, 5.41) is 22.1. The van der Waals surface area contributed by atoms with Crippen LogP contribution in [0.5, 0.6) is 0 Å². The van der Waals surface area contributed by atoms with Crippen molar-refractivity contribution in [1.29, 1.82) is 0 Å². The van der Waals surface area contributed by atoms with Crippen LogP contribution in [-0.2, 0) is 4.74 Å². The Morgan fingerprint density at radius 2 is 2.05 bits per heavy atom. The van der Waals surface area contributed by atoms with E-state index >= 15 is 0 Å². The number of aliphatic hydroxyl groups excluding tert-OH is 2. The van der Waals surface area contributed by atoms with Gasteiger partial charge in [-0.2, -0.15) is 0 Å². The normalized spacial score (nSPS) is 24.2. The SMILES string of the molecule is CC1CC=CCC1COCC(O)CNCC(C)(C)CCO. The molecule has 0 saturated heterocycles. The van der Waals surface area contributed by atoms with Crippen molar-refractivity contribution in [1.82, 2.24) is 5.32 Å². The fraction of sp³-hybridized carbons (Fsp3) is 0.882. The maximum absolute atomic E-state index is 9.92. The standard InChI is InChI=1S/C17H33NO3/c1-14-6-4-5-7-15(14)11-21-12-16(20)10-18-13-17(2,3)8-9-19/h4-5,14-16,18-20H,6-13H2,1-3H3. The van der Waals surface area contributed by atoms with Crippen molar-refractivity contribution >= 4 is 0 Å². The Bertz CT molecular complexity index is 304. The molecule has 0 bridgehead atoms. The Balaban J connectivity index is 2.08. The molecule has 0 heterocycles. The van der Waals surface area contributed by atoms with Gasteiger partial charge in [0, 0.05) is 19.7 Å². The van der Waals surface area contributed by atoms with Gasteiger partial charge in [-0.25, -0.2) is 0 Å². The quantitative estimate of drug-likeness (QED) is 0.540. The fourth-order valence-electron chi connectivity index (χ4n) is 2.62. The first-order chi connectivity index (χ1) is 9.94. The molecule has 0 spiro atoms. The lowest BCUT2D eigenvalue weighted by Crippen LogP contribution is -2.37. The molecule has 0 aromatic heterocycles. The van der Waals surface area contributed by atoms with Crippen molar-refractivity contribution in [2.24, 2.45) is 17.3 Å². The largest absolute Gasteiger partial charge is 0.396 e. The van der Waals surface area contributed by atoms with Crippen molar-refractivity contribution in [3.8, 4) is 0 Å². The smallest absolute Gasteiger partial charge is 0.0897 e. The molecule has 3 N–H and O–H groups in total. The number of rotatable bonds is 10. The predicted octanol–water partition coefficient (Wildman–Crippen LogP) is 1.96. The van der Waals surface area contributed by atoms with Crippen molar-refractivity contribution in [3.05, 3.63) is 12.2 Å². The number of hydrogen-bond donors (Lipinski definition) is 3. The number of allylic oxidation sites excluding steroid dienone is 2. The topological polar surface area (TPSA) is 61.7 Å². The van der Waals surface area contributed by atoms with Gasteiger partial charge in [-0.15, -0.1) is 0 Å². The zero-order chi connectivity index (χ0) is 15.7. The van der Waals surface area contributed by atoms with Gasteiger partial charge in [-0.05, 0) is 36.5 Å². The molecule has 0 radical (unpaired) electrons. The van der Waals surface area contributed by atoms with E-state index in [0.29, 0.717) is 25.0 Å². The highest BCUT2D eigenvalue weighted by Gasteiger charge is 2.19. The molecule has 1 aliphatic rings. The van der Waals surface area contributed by atoms with Crippen LogP contribution in [0, 0.1) is 17.3 Å². The number of hydrogen-bond acceptors (Lipinski definition) is 4. The van der Waals surface area contributed by atoms with Gasteiger partial charge in [0.2, 0.25) is 0 Å². The maximum atomic E-state index is 9.92. The highest BCUT2D eigenvalue weighted by atomic mass is 16.5. The summed E-state index contributed by atoms with van der Waals surface area (Å²) in [5.74, 6) is 1.25. The molecule has 0 aromatic carbocycles. The molecule has 3 atom stereocenters. The molecule has 1 aliphatic carbocycles. The van der Waals surface area contributed by atoms with E-state index in [1.165, 1.54) is 0 Å². The minimum Gasteiger partial charge on any atom is -0.396 e. The van der Waals surface area contributed by atoms with Crippen molar-refractivity contribution in [2.75, 3.05) is 32.9 Å². The van der Waals surface area contributed by atoms with Gasteiger partial charge in [-0.1, -0.05) is 32.9 Å². The van der Waals surface area contributed by atoms with Gasteiger partial charge < -0.3 is 20.3 Å². The van der Waals surface area contributed by atoms with Crippen molar-refractivity contribution in [3.63, 3.8) is 0 Å². The summed E-state index contributed by atoms with van der Waals surface area (Å²) >= 11 is 0. The first-order valence-corrected chi connectivity index (χ1v) is 8.17. The van der Waals surface area contributed by atoms with E-state index < -0.39 is 6.10 Å². The molecule has 0 amide bonds. The van der Waals surface area contributed by atoms with E-state index in [2.05, 4.69) is 38.2 Å². The van der Waals surface area contributed by atoms with Crippen LogP contribution >= 0.6 is 0 Å². The lowest BCUT2D eigenvalue weighted by atomic mass is 9.85. The third kappa shape index (κ3) is 7.96. The molecule has 124 valence electrons. The average molecular weight is 299 g/mol. The number of nitrogens with one attached hydrogen (secondary N) is 1. The third-order valence-electron chi connectivity index (χ3n) is 4.33. The van der Waals surface area contributed by atoms with E-state index in [4.69, 9.17) is 9.84 Å². The molecule has 3 unspecified atom stereocenters. The van der Waals surface area contributed by atoms with Gasteiger partial charge in [0.05, 0.1) is 19.3 Å². The Labute approximate surface area is 129 Å². The molecular formula is C17H33NO3. The summed E-state index contributed by atoms with van der Waals surface area (Å²) in [6.07, 6.45) is 7.00. The maximum Gasteiger partial charge on any atom is 0.0897 e. The zero-order valence-electron chi connectivity index (χ0n) is 13.8. The van der Waals surface area contributed by atoms with Crippen molar-refractivity contribution in [2.45, 2.75) is 46.1 Å². The second-order valence-electron chi connectivity index (χ2n) is 7.14. The van der Waals surface area contributed by atoms with Gasteiger partial charge >= 0.3 is 0 Å². The summed E-state index contributed by atoms with van der Waals surface area (Å²) in [4.78, 5) is 0. The van der Waals surface area contributed by atoms with Crippen LogP contribution in [0.4, 0.5) is 0 Å². The van der Waals surface area contributed by atoms with Crippen LogP contribution in [0.25, 0.3) is 0 Å². The lowest BCUT2D eigenvalue weighted by Gasteiger charge is -2.26. The van der Waals surface area contributed by atoms with Crippen LogP contribution < -0.4 is 5.32 Å². The predicted molar refractivity (Wildman–Crippen MR) is 86.2 cm³/mol. The zero-order valence-corrected chi connectivity index (χ0v) is 13.8. The Morgan fingerprint density at radius 1 is 1.33 bits per heavy atom. The van der Waals surface area contributed by atoms with Gasteiger partial charge in [0.25, 0.3) is 0 Å². The molecule has 0 fully saturated rings. The second kappa shape index (κ2) is 9.57. The fourth-order valence-corrected chi connectivity index (χ4v) is 2.62. The van der Waals surface area contributed by atoms with Crippen LogP contribution in [-0.4, -0.2) is 49.2 Å². The third-order valence-corrected chi connectivity index (χ3v) is 4.33. The summed E-state index contributed by atoms with van der Waals surface area (Å²) in [5.41, 5.74) is 0.0548. The van der Waals surface area contributed by atoms with Gasteiger partial charge in [-0.3, -0.25) is 0 Å². The Kier molecular flexibility index (Phi) is 8.49. The minimum atomic E-state index is -0.468. The summed E-state index contributed by atoms with van der Waals surface area (Å²) in [7, 11) is 0. The number of aliphatic hydroxyl groups is 2. The monoisotopic (exact) mass is 299 g/mol. The van der Waals surface area contributed by atoms with Gasteiger partial charge in [0.15, 0.2) is 0 Å². The second-order valence-corrected chi connectivity index (χ2v) is 7.14. The average Bonchev–Trinajstić information content (AvgIpc) is 2.40. The highest BCUT2D eigenvalue weighted by molar-refractivity contribution is 4.93. The Hall–Kier alpha value is -0.420. The van der Waals surface area contributed by atoms with E-state index in [-0.39, 0.29) is 12.0 Å². The van der Waals surface area contributed by atoms with Crippen molar-refractivity contribution < 1.29 is 14.9 Å². The van der Waals surface area contributed by atoms with Crippen LogP contribution in [0.2, 0.25) is 0 Å². The van der Waals surface area contributed by atoms with Crippen LogP contribution in [0.15, 0.2) is 12.2 Å². The first-order valence-electron chi connectivity index (χ1n) is 8.17. The Morgan fingerprint density at radius 3 is 2.71 bits per heavy atom.